The maximum atomic E-state index is 11.9. The predicted octanol–water partition coefficient (Wildman–Crippen LogP) is 2.19. The Morgan fingerprint density at radius 3 is 3.00 bits per heavy atom. The van der Waals surface area contributed by atoms with E-state index in [1.807, 2.05) is 12.1 Å². The minimum absolute atomic E-state index is 0.215. The molecule has 0 spiro atoms. The first-order chi connectivity index (χ1) is 11.1. The van der Waals surface area contributed by atoms with Crippen molar-refractivity contribution in [2.75, 3.05) is 24.6 Å². The van der Waals surface area contributed by atoms with Crippen LogP contribution in [-0.4, -0.2) is 46.3 Å². The van der Waals surface area contributed by atoms with Crippen molar-refractivity contribution in [1.29, 1.82) is 0 Å². The molecule has 1 aliphatic heterocycles. The molecule has 2 amide bonds. The van der Waals surface area contributed by atoms with Gasteiger partial charge in [0.1, 0.15) is 0 Å². The Hall–Kier alpha value is -1.66. The van der Waals surface area contributed by atoms with Gasteiger partial charge in [-0.05, 0) is 37.1 Å². The maximum Gasteiger partial charge on any atom is 0.314 e. The number of amides is 2. The lowest BCUT2D eigenvalue weighted by molar-refractivity contribution is 0.0700. The molecule has 6 heteroatoms. The number of aromatic nitrogens is 1. The maximum absolute atomic E-state index is 11.9. The van der Waals surface area contributed by atoms with E-state index in [1.54, 1.807) is 11.8 Å². The zero-order valence-electron chi connectivity index (χ0n) is 13.3. The van der Waals surface area contributed by atoms with Crippen molar-refractivity contribution in [1.82, 2.24) is 15.6 Å². The molecule has 3 rings (SSSR count). The topological polar surface area (TPSA) is 77.2 Å². The minimum Gasteiger partial charge on any atom is -0.387 e. The van der Waals surface area contributed by atoms with Crippen LogP contribution in [0.2, 0.25) is 0 Å². The number of urea groups is 1. The number of aromatic amines is 1. The zero-order chi connectivity index (χ0) is 16.3. The van der Waals surface area contributed by atoms with Crippen molar-refractivity contribution in [3.05, 3.63) is 35.5 Å². The number of thioether (sulfide) groups is 1. The van der Waals surface area contributed by atoms with E-state index >= 15 is 0 Å². The highest BCUT2D eigenvalue weighted by molar-refractivity contribution is 7.99. The van der Waals surface area contributed by atoms with Gasteiger partial charge in [0.25, 0.3) is 0 Å². The molecule has 2 heterocycles. The summed E-state index contributed by atoms with van der Waals surface area (Å²) in [5.41, 5.74) is 2.78. The monoisotopic (exact) mass is 333 g/mol. The van der Waals surface area contributed by atoms with Gasteiger partial charge >= 0.3 is 6.03 Å². The summed E-state index contributed by atoms with van der Waals surface area (Å²) >= 11 is 1.73. The lowest BCUT2D eigenvalue weighted by Gasteiger charge is -2.21. The highest BCUT2D eigenvalue weighted by Gasteiger charge is 2.31. The van der Waals surface area contributed by atoms with Crippen LogP contribution in [0.4, 0.5) is 4.79 Å². The first-order valence-corrected chi connectivity index (χ1v) is 9.11. The minimum atomic E-state index is -0.741. The second kappa shape index (κ2) is 6.84. The number of nitrogens with one attached hydrogen (secondary N) is 3. The largest absolute Gasteiger partial charge is 0.387 e. The number of carbonyl (C=O) groups is 1. The van der Waals surface area contributed by atoms with Crippen molar-refractivity contribution in [2.45, 2.75) is 25.4 Å². The summed E-state index contributed by atoms with van der Waals surface area (Å²) < 4.78 is 0. The summed E-state index contributed by atoms with van der Waals surface area (Å²) in [6.45, 7) is 2.95. The van der Waals surface area contributed by atoms with Gasteiger partial charge in [0.2, 0.25) is 0 Å². The van der Waals surface area contributed by atoms with E-state index in [-0.39, 0.29) is 6.03 Å². The van der Waals surface area contributed by atoms with Gasteiger partial charge in [-0.1, -0.05) is 18.2 Å². The number of fused-ring (bicyclic) bond motifs is 1. The van der Waals surface area contributed by atoms with E-state index < -0.39 is 5.60 Å². The molecule has 5 nitrogen and oxygen atoms in total. The Kier molecular flexibility index (Phi) is 4.82. The van der Waals surface area contributed by atoms with Crippen LogP contribution in [0.1, 0.15) is 17.7 Å². The Labute approximate surface area is 140 Å². The van der Waals surface area contributed by atoms with Crippen LogP contribution in [0.3, 0.4) is 0 Å². The number of para-hydroxylation sites is 1. The van der Waals surface area contributed by atoms with Crippen LogP contribution in [0, 0.1) is 6.92 Å². The predicted molar refractivity (Wildman–Crippen MR) is 95.0 cm³/mol. The summed E-state index contributed by atoms with van der Waals surface area (Å²) in [5.74, 6) is 1.65. The van der Waals surface area contributed by atoms with E-state index in [9.17, 15) is 9.90 Å². The van der Waals surface area contributed by atoms with Gasteiger partial charge in [0.15, 0.2) is 0 Å². The quantitative estimate of drug-likeness (QED) is 0.677. The number of H-pyrrole nitrogens is 1. The number of aryl methyl sites for hydroxylation is 1. The molecule has 0 aliphatic carbocycles. The second-order valence-corrected chi connectivity index (χ2v) is 7.27. The second-order valence-electron chi connectivity index (χ2n) is 6.16. The van der Waals surface area contributed by atoms with Crippen molar-refractivity contribution in [3.63, 3.8) is 0 Å². The number of rotatable bonds is 5. The molecule has 0 bridgehead atoms. The number of benzene rings is 1. The third-order valence-corrected chi connectivity index (χ3v) is 5.58. The number of hydrogen-bond donors (Lipinski definition) is 4. The molecule has 0 radical (unpaired) electrons. The highest BCUT2D eigenvalue weighted by Crippen LogP contribution is 2.27. The third kappa shape index (κ3) is 3.82. The van der Waals surface area contributed by atoms with Crippen molar-refractivity contribution in [3.8, 4) is 0 Å². The van der Waals surface area contributed by atoms with Crippen molar-refractivity contribution >= 4 is 28.7 Å². The lowest BCUT2D eigenvalue weighted by atomic mass is 10.0. The van der Waals surface area contributed by atoms with Crippen LogP contribution in [-0.2, 0) is 6.42 Å². The summed E-state index contributed by atoms with van der Waals surface area (Å²) in [6.07, 6.45) is 1.52. The van der Waals surface area contributed by atoms with E-state index in [0.717, 1.165) is 29.8 Å². The Bertz CT molecular complexity index is 692. The number of carbonyl (C=O) groups excluding carboxylic acids is 1. The third-order valence-electron chi connectivity index (χ3n) is 4.35. The first kappa shape index (κ1) is 16.2. The summed E-state index contributed by atoms with van der Waals surface area (Å²) in [7, 11) is 0. The van der Waals surface area contributed by atoms with Crippen LogP contribution >= 0.6 is 11.8 Å². The smallest absolute Gasteiger partial charge is 0.314 e. The van der Waals surface area contributed by atoms with Gasteiger partial charge in [0, 0.05) is 35.4 Å². The molecule has 1 fully saturated rings. The Balaban J connectivity index is 1.48. The molecule has 1 aromatic carbocycles. The van der Waals surface area contributed by atoms with E-state index in [1.165, 1.54) is 10.9 Å². The van der Waals surface area contributed by atoms with E-state index in [2.05, 4.69) is 34.7 Å². The first-order valence-electron chi connectivity index (χ1n) is 7.95. The molecule has 1 saturated heterocycles. The molecule has 1 aromatic heterocycles. The number of hydrogen-bond acceptors (Lipinski definition) is 3. The lowest BCUT2D eigenvalue weighted by Crippen LogP contribution is -2.46. The average Bonchev–Trinajstić information content (AvgIpc) is 3.10. The summed E-state index contributed by atoms with van der Waals surface area (Å²) in [5, 5.41) is 17.1. The van der Waals surface area contributed by atoms with Gasteiger partial charge < -0.3 is 20.7 Å². The molecule has 1 unspecified atom stereocenters. The molecular weight excluding hydrogens is 310 g/mol. The van der Waals surface area contributed by atoms with Crippen molar-refractivity contribution < 1.29 is 9.90 Å². The van der Waals surface area contributed by atoms with E-state index in [4.69, 9.17) is 0 Å². The van der Waals surface area contributed by atoms with Gasteiger partial charge in [-0.2, -0.15) is 11.8 Å². The SMILES string of the molecule is Cc1[nH]c2ccccc2c1CCNC(=O)NCC1(O)CCSC1. The molecule has 1 atom stereocenters. The van der Waals surface area contributed by atoms with Gasteiger partial charge in [0.05, 0.1) is 5.60 Å². The zero-order valence-corrected chi connectivity index (χ0v) is 14.1. The normalized spacial score (nSPS) is 20.8. The molecular formula is C17H23N3O2S. The highest BCUT2D eigenvalue weighted by atomic mass is 32.2. The average molecular weight is 333 g/mol. The molecule has 0 saturated carbocycles. The summed E-state index contributed by atoms with van der Waals surface area (Å²) in [4.78, 5) is 15.2. The Morgan fingerprint density at radius 1 is 1.39 bits per heavy atom. The number of aliphatic hydroxyl groups is 1. The fourth-order valence-corrected chi connectivity index (χ4v) is 4.30. The summed E-state index contributed by atoms with van der Waals surface area (Å²) in [6, 6.07) is 7.99. The molecule has 124 valence electrons. The van der Waals surface area contributed by atoms with Gasteiger partial charge in [-0.15, -0.1) is 0 Å². The van der Waals surface area contributed by atoms with Crippen LogP contribution in [0.15, 0.2) is 24.3 Å². The molecule has 1 aliphatic rings. The Morgan fingerprint density at radius 2 is 2.22 bits per heavy atom. The van der Waals surface area contributed by atoms with E-state index in [0.29, 0.717) is 18.8 Å². The molecule has 4 N–H and O–H groups in total. The van der Waals surface area contributed by atoms with Gasteiger partial charge in [-0.25, -0.2) is 4.79 Å². The van der Waals surface area contributed by atoms with Crippen LogP contribution < -0.4 is 10.6 Å². The van der Waals surface area contributed by atoms with Crippen molar-refractivity contribution in [2.24, 2.45) is 0 Å². The standard InChI is InChI=1S/C17H23N3O2S/c1-12-13(14-4-2-3-5-15(14)20-12)6-8-18-16(21)19-10-17(22)7-9-23-11-17/h2-5,20,22H,6-11H2,1H3,(H2,18,19,21). The van der Waals surface area contributed by atoms with Crippen LogP contribution in [0.5, 0.6) is 0 Å². The fourth-order valence-electron chi connectivity index (χ4n) is 3.00. The molecule has 23 heavy (non-hydrogen) atoms. The van der Waals surface area contributed by atoms with Gasteiger partial charge in [-0.3, -0.25) is 0 Å². The van der Waals surface area contributed by atoms with Crippen LogP contribution in [0.25, 0.3) is 10.9 Å². The molecule has 2 aromatic rings. The fraction of sp³-hybridized carbons (Fsp3) is 0.471.